The standard InChI is InChI=1S/C26H26N4O3/c1-2-20-21(25(32)30(27-20)19-14-8-4-9-15-19)22-23(28-16-10-5-11-17-28)26(33)29(24(22)31)18-12-6-3-7-13-18/h4-5,8-11,14-18H,2-3,6-7,12-13H2,1H3. The van der Waals surface area contributed by atoms with Gasteiger partial charge in [0.25, 0.3) is 11.6 Å². The molecular weight excluding hydrogens is 416 g/mol. The zero-order valence-electron chi connectivity index (χ0n) is 18.6. The highest BCUT2D eigenvalue weighted by Crippen LogP contribution is 2.39. The van der Waals surface area contributed by atoms with Crippen molar-refractivity contribution >= 4 is 23.1 Å². The summed E-state index contributed by atoms with van der Waals surface area (Å²) in [5.74, 6) is -1.11. The third-order valence-corrected chi connectivity index (χ3v) is 6.51. The minimum absolute atomic E-state index is 0.139. The maximum absolute atomic E-state index is 13.8. The first kappa shape index (κ1) is 21.1. The van der Waals surface area contributed by atoms with Crippen molar-refractivity contribution in [2.24, 2.45) is 0 Å². The second-order valence-corrected chi connectivity index (χ2v) is 8.51. The van der Waals surface area contributed by atoms with Crippen LogP contribution in [0.3, 0.4) is 0 Å². The molecule has 3 aromatic rings. The molecule has 3 heterocycles. The van der Waals surface area contributed by atoms with Crippen molar-refractivity contribution in [1.82, 2.24) is 14.7 Å². The summed E-state index contributed by atoms with van der Waals surface area (Å²) < 4.78 is 2.98. The molecule has 33 heavy (non-hydrogen) atoms. The van der Waals surface area contributed by atoms with Gasteiger partial charge in [0.2, 0.25) is 0 Å². The van der Waals surface area contributed by atoms with Crippen LogP contribution in [0.1, 0.15) is 50.3 Å². The van der Waals surface area contributed by atoms with Gasteiger partial charge in [0.05, 0.1) is 11.4 Å². The Kier molecular flexibility index (Phi) is 5.54. The molecule has 0 unspecified atom stereocenters. The smallest absolute Gasteiger partial charge is 0.327 e. The summed E-state index contributed by atoms with van der Waals surface area (Å²) in [5.41, 5.74) is 1.75. The lowest BCUT2D eigenvalue weighted by molar-refractivity contribution is -0.576. The number of aryl methyl sites for hydroxylation is 1. The van der Waals surface area contributed by atoms with Crippen LogP contribution >= 0.6 is 0 Å². The molecule has 7 nitrogen and oxygen atoms in total. The highest BCUT2D eigenvalue weighted by Gasteiger charge is 2.49. The van der Waals surface area contributed by atoms with Crippen molar-refractivity contribution in [2.75, 3.05) is 0 Å². The van der Waals surface area contributed by atoms with Crippen molar-refractivity contribution in [3.8, 4) is 11.6 Å². The number of benzene rings is 1. The van der Waals surface area contributed by atoms with E-state index < -0.39 is 5.91 Å². The Morgan fingerprint density at radius 2 is 1.64 bits per heavy atom. The fourth-order valence-corrected chi connectivity index (χ4v) is 4.91. The summed E-state index contributed by atoms with van der Waals surface area (Å²) in [6.07, 6.45) is 8.63. The van der Waals surface area contributed by atoms with E-state index in [1.54, 1.807) is 41.2 Å². The number of carbonyl (C=O) groups excluding carboxylic acids is 2. The third-order valence-electron chi connectivity index (χ3n) is 6.51. The van der Waals surface area contributed by atoms with Crippen LogP contribution in [0.25, 0.3) is 17.0 Å². The van der Waals surface area contributed by atoms with E-state index >= 15 is 0 Å². The Labute approximate surface area is 192 Å². The number of para-hydroxylation sites is 1. The molecule has 2 amide bonds. The topological polar surface area (TPSA) is 82.1 Å². The number of nitrogens with zero attached hydrogens (tertiary/aromatic N) is 4. The van der Waals surface area contributed by atoms with Gasteiger partial charge in [0.15, 0.2) is 12.4 Å². The van der Waals surface area contributed by atoms with E-state index in [0.717, 1.165) is 32.1 Å². The Balaban J connectivity index is 1.71. The predicted octanol–water partition coefficient (Wildman–Crippen LogP) is 2.87. The quantitative estimate of drug-likeness (QED) is 0.449. The molecule has 0 spiro atoms. The zero-order chi connectivity index (χ0) is 22.9. The van der Waals surface area contributed by atoms with Gasteiger partial charge in [-0.15, -0.1) is 0 Å². The van der Waals surface area contributed by atoms with Crippen molar-refractivity contribution in [1.29, 1.82) is 0 Å². The molecule has 1 aliphatic carbocycles. The minimum Gasteiger partial charge on any atom is -0.858 e. The Bertz CT molecular complexity index is 1230. The molecule has 2 aliphatic rings. The first-order valence-electron chi connectivity index (χ1n) is 11.5. The summed E-state index contributed by atoms with van der Waals surface area (Å²) in [4.78, 5) is 28.9. The van der Waals surface area contributed by atoms with E-state index in [9.17, 15) is 14.7 Å². The van der Waals surface area contributed by atoms with Gasteiger partial charge in [0, 0.05) is 23.7 Å². The fraction of sp³-hybridized carbons (Fsp3) is 0.308. The predicted molar refractivity (Wildman–Crippen MR) is 121 cm³/mol. The van der Waals surface area contributed by atoms with Gasteiger partial charge >= 0.3 is 5.91 Å². The summed E-state index contributed by atoms with van der Waals surface area (Å²) in [6.45, 7) is 1.90. The van der Waals surface area contributed by atoms with Crippen molar-refractivity contribution in [3.05, 3.63) is 72.2 Å². The molecule has 1 saturated carbocycles. The molecule has 168 valence electrons. The van der Waals surface area contributed by atoms with Crippen LogP contribution in [0.15, 0.2) is 60.9 Å². The highest BCUT2D eigenvalue weighted by molar-refractivity contribution is 6.45. The molecule has 0 atom stereocenters. The van der Waals surface area contributed by atoms with Crippen molar-refractivity contribution < 1.29 is 19.3 Å². The van der Waals surface area contributed by atoms with Gasteiger partial charge in [-0.25, -0.2) is 4.68 Å². The molecule has 1 aromatic carbocycles. The lowest BCUT2D eigenvalue weighted by Crippen LogP contribution is -2.45. The molecule has 2 aromatic heterocycles. The van der Waals surface area contributed by atoms with E-state index in [4.69, 9.17) is 0 Å². The molecule has 1 fully saturated rings. The molecule has 0 N–H and O–H groups in total. The average molecular weight is 443 g/mol. The first-order chi connectivity index (χ1) is 16.1. The van der Waals surface area contributed by atoms with Gasteiger partial charge in [-0.1, -0.05) is 50.5 Å². The SMILES string of the molecule is CCc1nn(-c2ccccc2)c([O-])c1C1=C([n+]2ccccc2)C(=O)N(C2CCCCC2)C1=O. The molecule has 5 rings (SSSR count). The Morgan fingerprint density at radius 1 is 0.970 bits per heavy atom. The van der Waals surface area contributed by atoms with Crippen LogP contribution in [-0.4, -0.2) is 32.5 Å². The molecular formula is C26H26N4O3. The largest absolute Gasteiger partial charge is 0.858 e. The zero-order valence-corrected chi connectivity index (χ0v) is 18.6. The minimum atomic E-state index is -0.391. The molecule has 7 heteroatoms. The monoisotopic (exact) mass is 442 g/mol. The van der Waals surface area contributed by atoms with Gasteiger partial charge in [-0.2, -0.15) is 9.67 Å². The number of hydrogen-bond donors (Lipinski definition) is 0. The fourth-order valence-electron chi connectivity index (χ4n) is 4.91. The second-order valence-electron chi connectivity index (χ2n) is 8.51. The Hall–Kier alpha value is -3.74. The van der Waals surface area contributed by atoms with Crippen molar-refractivity contribution in [2.45, 2.75) is 51.5 Å². The maximum Gasteiger partial charge on any atom is 0.327 e. The molecule has 0 saturated heterocycles. The van der Waals surface area contributed by atoms with Crippen LogP contribution in [-0.2, 0) is 16.0 Å². The number of hydrogen-bond acceptors (Lipinski definition) is 4. The summed E-state index contributed by atoms with van der Waals surface area (Å²) >= 11 is 0. The van der Waals surface area contributed by atoms with E-state index in [1.165, 1.54) is 9.58 Å². The lowest BCUT2D eigenvalue weighted by atomic mass is 9.94. The number of imide groups is 1. The van der Waals surface area contributed by atoms with E-state index in [-0.39, 0.29) is 34.7 Å². The maximum atomic E-state index is 13.8. The number of carbonyl (C=O) groups is 2. The summed E-state index contributed by atoms with van der Waals surface area (Å²) in [5, 5.41) is 18.2. The van der Waals surface area contributed by atoms with Crippen LogP contribution in [0.5, 0.6) is 5.88 Å². The van der Waals surface area contributed by atoms with Crippen LogP contribution in [0.4, 0.5) is 0 Å². The van der Waals surface area contributed by atoms with Crippen LogP contribution in [0, 0.1) is 0 Å². The van der Waals surface area contributed by atoms with Crippen LogP contribution in [0.2, 0.25) is 0 Å². The van der Waals surface area contributed by atoms with E-state index in [0.29, 0.717) is 17.8 Å². The number of amides is 2. The van der Waals surface area contributed by atoms with Gasteiger partial charge < -0.3 is 5.11 Å². The number of aromatic nitrogens is 3. The van der Waals surface area contributed by atoms with E-state index in [1.807, 2.05) is 31.2 Å². The average Bonchev–Trinajstić information content (AvgIpc) is 3.32. The van der Waals surface area contributed by atoms with Gasteiger partial charge in [-0.3, -0.25) is 14.5 Å². The second kappa shape index (κ2) is 8.65. The highest BCUT2D eigenvalue weighted by atomic mass is 16.3. The van der Waals surface area contributed by atoms with Gasteiger partial charge in [-0.05, 0) is 37.3 Å². The molecule has 0 bridgehead atoms. The number of pyridine rings is 1. The van der Waals surface area contributed by atoms with Crippen LogP contribution < -0.4 is 9.67 Å². The summed E-state index contributed by atoms with van der Waals surface area (Å²) in [6, 6.07) is 14.5. The van der Waals surface area contributed by atoms with Gasteiger partial charge in [0.1, 0.15) is 5.57 Å². The summed E-state index contributed by atoms with van der Waals surface area (Å²) in [7, 11) is 0. The van der Waals surface area contributed by atoms with Crippen molar-refractivity contribution in [3.63, 3.8) is 0 Å². The molecule has 0 radical (unpaired) electrons. The molecule has 1 aliphatic heterocycles. The third kappa shape index (κ3) is 3.53. The number of rotatable bonds is 5. The normalized spacial score (nSPS) is 17.3. The Morgan fingerprint density at radius 3 is 2.30 bits per heavy atom. The first-order valence-corrected chi connectivity index (χ1v) is 11.5. The lowest BCUT2D eigenvalue weighted by Gasteiger charge is -2.29. The van der Waals surface area contributed by atoms with E-state index in [2.05, 4.69) is 5.10 Å².